The van der Waals surface area contributed by atoms with Crippen LogP contribution in [0.25, 0.3) is 17.1 Å². The molecule has 1 saturated carbocycles. The number of aryl methyl sites for hydroxylation is 2. The standard InChI is InChI=1S/C26H32N4OS/c1-4-29(22-11-6-5-7-12-22)24(31)18-32-26-28-27-25(21-10-8-9-20(3)17-21)30(26)23-15-13-19(2)14-16-23/h8-10,13-17,22H,4-7,11-12,18H2,1-3H3. The van der Waals surface area contributed by atoms with Crippen molar-refractivity contribution in [2.45, 2.75) is 64.1 Å². The van der Waals surface area contributed by atoms with Gasteiger partial charge in [0.1, 0.15) is 0 Å². The lowest BCUT2D eigenvalue weighted by Crippen LogP contribution is -2.42. The molecule has 1 fully saturated rings. The van der Waals surface area contributed by atoms with Crippen LogP contribution in [0, 0.1) is 13.8 Å². The second kappa shape index (κ2) is 10.3. The normalized spacial score (nSPS) is 14.5. The molecule has 1 aliphatic carbocycles. The maximum atomic E-state index is 13.1. The number of hydrogen-bond donors (Lipinski definition) is 0. The van der Waals surface area contributed by atoms with Crippen molar-refractivity contribution in [1.82, 2.24) is 19.7 Å². The van der Waals surface area contributed by atoms with Crippen molar-refractivity contribution in [3.63, 3.8) is 0 Å². The molecule has 1 aliphatic rings. The largest absolute Gasteiger partial charge is 0.339 e. The Morgan fingerprint density at radius 1 is 1.03 bits per heavy atom. The minimum atomic E-state index is 0.194. The van der Waals surface area contributed by atoms with E-state index in [0.717, 1.165) is 41.6 Å². The highest BCUT2D eigenvalue weighted by atomic mass is 32.2. The van der Waals surface area contributed by atoms with Crippen LogP contribution in [0.3, 0.4) is 0 Å². The van der Waals surface area contributed by atoms with Gasteiger partial charge in [-0.25, -0.2) is 0 Å². The van der Waals surface area contributed by atoms with Crippen LogP contribution in [-0.2, 0) is 4.79 Å². The Hall–Kier alpha value is -2.60. The fraction of sp³-hybridized carbons (Fsp3) is 0.423. The fourth-order valence-corrected chi connectivity index (χ4v) is 5.34. The Morgan fingerprint density at radius 3 is 2.47 bits per heavy atom. The van der Waals surface area contributed by atoms with Crippen LogP contribution in [-0.4, -0.2) is 43.9 Å². The maximum absolute atomic E-state index is 13.1. The van der Waals surface area contributed by atoms with Crippen LogP contribution in [0.4, 0.5) is 0 Å². The molecule has 1 amide bonds. The van der Waals surface area contributed by atoms with Crippen LogP contribution in [0.1, 0.15) is 50.2 Å². The second-order valence-corrected chi connectivity index (χ2v) is 9.55. The van der Waals surface area contributed by atoms with Gasteiger partial charge in [-0.05, 0) is 51.8 Å². The summed E-state index contributed by atoms with van der Waals surface area (Å²) in [7, 11) is 0. The van der Waals surface area contributed by atoms with E-state index >= 15 is 0 Å². The number of rotatable bonds is 7. The lowest BCUT2D eigenvalue weighted by atomic mass is 9.94. The number of thioether (sulfide) groups is 1. The van der Waals surface area contributed by atoms with E-state index in [1.165, 1.54) is 42.2 Å². The van der Waals surface area contributed by atoms with Crippen LogP contribution in [0.2, 0.25) is 0 Å². The maximum Gasteiger partial charge on any atom is 0.233 e. The number of benzene rings is 2. The van der Waals surface area contributed by atoms with E-state index in [4.69, 9.17) is 0 Å². The molecule has 168 valence electrons. The van der Waals surface area contributed by atoms with Crippen molar-refractivity contribution in [3.8, 4) is 17.1 Å². The molecular weight excluding hydrogens is 416 g/mol. The molecule has 0 N–H and O–H groups in total. The summed E-state index contributed by atoms with van der Waals surface area (Å²) in [5.74, 6) is 1.37. The molecule has 1 aromatic heterocycles. The minimum Gasteiger partial charge on any atom is -0.339 e. The van der Waals surface area contributed by atoms with Gasteiger partial charge in [-0.3, -0.25) is 9.36 Å². The van der Waals surface area contributed by atoms with Gasteiger partial charge < -0.3 is 4.90 Å². The summed E-state index contributed by atoms with van der Waals surface area (Å²) in [4.78, 5) is 15.2. The highest BCUT2D eigenvalue weighted by Gasteiger charge is 2.25. The number of aromatic nitrogens is 3. The predicted octanol–water partition coefficient (Wildman–Crippen LogP) is 5.82. The van der Waals surface area contributed by atoms with Gasteiger partial charge in [-0.2, -0.15) is 0 Å². The first-order valence-electron chi connectivity index (χ1n) is 11.6. The first kappa shape index (κ1) is 22.6. The van der Waals surface area contributed by atoms with Gasteiger partial charge in [0.15, 0.2) is 11.0 Å². The van der Waals surface area contributed by atoms with Gasteiger partial charge in [0.05, 0.1) is 5.75 Å². The Bertz CT molecular complexity index is 1050. The van der Waals surface area contributed by atoms with Crippen molar-refractivity contribution in [1.29, 1.82) is 0 Å². The van der Waals surface area contributed by atoms with Crippen LogP contribution in [0.15, 0.2) is 53.7 Å². The SMILES string of the molecule is CCN(C(=O)CSc1nnc(-c2cccc(C)c2)n1-c1ccc(C)cc1)C1CCCCC1. The molecule has 0 spiro atoms. The lowest BCUT2D eigenvalue weighted by Gasteiger charge is -2.33. The van der Waals surface area contributed by atoms with E-state index in [0.29, 0.717) is 11.8 Å². The number of nitrogens with zero attached hydrogens (tertiary/aromatic N) is 4. The van der Waals surface area contributed by atoms with Crippen molar-refractivity contribution in [2.75, 3.05) is 12.3 Å². The zero-order valence-corrected chi connectivity index (χ0v) is 20.1. The summed E-state index contributed by atoms with van der Waals surface area (Å²) >= 11 is 1.48. The van der Waals surface area contributed by atoms with Crippen LogP contribution < -0.4 is 0 Å². The highest BCUT2D eigenvalue weighted by molar-refractivity contribution is 7.99. The van der Waals surface area contributed by atoms with Crippen molar-refractivity contribution < 1.29 is 4.79 Å². The average molecular weight is 449 g/mol. The molecule has 5 nitrogen and oxygen atoms in total. The molecule has 2 aromatic carbocycles. The molecule has 6 heteroatoms. The molecule has 32 heavy (non-hydrogen) atoms. The number of carbonyl (C=O) groups is 1. The third kappa shape index (κ3) is 5.07. The smallest absolute Gasteiger partial charge is 0.233 e. The topological polar surface area (TPSA) is 51.0 Å². The molecule has 4 rings (SSSR count). The molecule has 0 unspecified atom stereocenters. The first-order chi connectivity index (χ1) is 15.6. The Morgan fingerprint density at radius 2 is 1.78 bits per heavy atom. The van der Waals surface area contributed by atoms with E-state index in [1.54, 1.807) is 0 Å². The van der Waals surface area contributed by atoms with Gasteiger partial charge in [-0.15, -0.1) is 10.2 Å². The molecule has 3 aromatic rings. The zero-order valence-electron chi connectivity index (χ0n) is 19.3. The second-order valence-electron chi connectivity index (χ2n) is 8.61. The van der Waals surface area contributed by atoms with E-state index < -0.39 is 0 Å². The van der Waals surface area contributed by atoms with Crippen LogP contribution >= 0.6 is 11.8 Å². The number of carbonyl (C=O) groups excluding carboxylic acids is 1. The van der Waals surface area contributed by atoms with Crippen molar-refractivity contribution >= 4 is 17.7 Å². The van der Waals surface area contributed by atoms with E-state index in [9.17, 15) is 4.79 Å². The molecule has 0 saturated heterocycles. The Balaban J connectivity index is 1.60. The quantitative estimate of drug-likeness (QED) is 0.427. The fourth-order valence-electron chi connectivity index (χ4n) is 4.50. The first-order valence-corrected chi connectivity index (χ1v) is 12.6. The Labute approximate surface area is 195 Å². The molecule has 0 atom stereocenters. The monoisotopic (exact) mass is 448 g/mol. The summed E-state index contributed by atoms with van der Waals surface area (Å²) in [6.45, 7) is 7.01. The lowest BCUT2D eigenvalue weighted by molar-refractivity contribution is -0.131. The van der Waals surface area contributed by atoms with E-state index in [-0.39, 0.29) is 5.91 Å². The summed E-state index contributed by atoms with van der Waals surface area (Å²) in [6.07, 6.45) is 5.99. The minimum absolute atomic E-state index is 0.194. The van der Waals surface area contributed by atoms with E-state index in [2.05, 4.69) is 82.9 Å². The molecular formula is C26H32N4OS. The van der Waals surface area contributed by atoms with Crippen LogP contribution in [0.5, 0.6) is 0 Å². The van der Waals surface area contributed by atoms with Gasteiger partial charge >= 0.3 is 0 Å². The molecule has 1 heterocycles. The molecule has 0 radical (unpaired) electrons. The summed E-state index contributed by atoms with van der Waals surface area (Å²) in [6, 6.07) is 17.1. The van der Waals surface area contributed by atoms with E-state index in [1.807, 2.05) is 6.07 Å². The Kier molecular flexibility index (Phi) is 7.30. The van der Waals surface area contributed by atoms with Gasteiger partial charge in [0, 0.05) is 23.8 Å². The van der Waals surface area contributed by atoms with Gasteiger partial charge in [0.25, 0.3) is 0 Å². The van der Waals surface area contributed by atoms with Gasteiger partial charge in [0.2, 0.25) is 5.91 Å². The third-order valence-electron chi connectivity index (χ3n) is 6.20. The van der Waals surface area contributed by atoms with Gasteiger partial charge in [-0.1, -0.05) is 72.5 Å². The third-order valence-corrected chi connectivity index (χ3v) is 7.12. The van der Waals surface area contributed by atoms with Crippen molar-refractivity contribution in [2.24, 2.45) is 0 Å². The average Bonchev–Trinajstić information content (AvgIpc) is 3.23. The highest BCUT2D eigenvalue weighted by Crippen LogP contribution is 2.29. The predicted molar refractivity (Wildman–Crippen MR) is 131 cm³/mol. The summed E-state index contributed by atoms with van der Waals surface area (Å²) in [5.41, 5.74) is 4.41. The van der Waals surface area contributed by atoms with Crippen molar-refractivity contribution in [3.05, 3.63) is 59.7 Å². The number of amides is 1. The summed E-state index contributed by atoms with van der Waals surface area (Å²) in [5, 5.41) is 9.77. The molecule has 0 aliphatic heterocycles. The summed E-state index contributed by atoms with van der Waals surface area (Å²) < 4.78 is 2.07. The molecule has 0 bridgehead atoms. The zero-order chi connectivity index (χ0) is 22.5. The number of hydrogen-bond acceptors (Lipinski definition) is 4.